The number of nitrogens with one attached hydrogen (secondary N) is 1. The Morgan fingerprint density at radius 1 is 1.18 bits per heavy atom. The number of nitrogens with zero attached hydrogens (tertiary/aromatic N) is 3. The molecule has 2 aromatic heterocycles. The molecule has 2 saturated heterocycles. The van der Waals surface area contributed by atoms with Crippen LogP contribution in [-0.4, -0.2) is 70.2 Å². The van der Waals surface area contributed by atoms with E-state index in [0.29, 0.717) is 31.1 Å². The number of aromatic nitrogens is 2. The lowest BCUT2D eigenvalue weighted by molar-refractivity contribution is -0.141. The molecule has 0 saturated carbocycles. The van der Waals surface area contributed by atoms with E-state index in [1.165, 1.54) is 4.90 Å². The smallest absolute Gasteiger partial charge is 0.243 e. The van der Waals surface area contributed by atoms with E-state index >= 15 is 0 Å². The Morgan fingerprint density at radius 2 is 1.90 bits per heavy atom. The van der Waals surface area contributed by atoms with Gasteiger partial charge in [0.05, 0.1) is 47.1 Å². The molecule has 0 aliphatic carbocycles. The van der Waals surface area contributed by atoms with E-state index in [1.54, 1.807) is 17.4 Å². The number of likely N-dealkylation sites (tertiary alicyclic amines) is 1. The number of benzene rings is 1. The summed E-state index contributed by atoms with van der Waals surface area (Å²) in [6.07, 6.45) is -0.551. The van der Waals surface area contributed by atoms with E-state index in [4.69, 9.17) is 14.0 Å². The molecule has 2 aliphatic rings. The fourth-order valence-corrected chi connectivity index (χ4v) is 6.19. The largest absolute Gasteiger partial charge is 0.391 e. The van der Waals surface area contributed by atoms with E-state index in [9.17, 15) is 14.7 Å². The summed E-state index contributed by atoms with van der Waals surface area (Å²) in [5, 5.41) is 17.6. The molecule has 1 aromatic carbocycles. The first-order chi connectivity index (χ1) is 19.2. The number of hydrogen-bond acceptors (Lipinski definition) is 9. The second-order valence-corrected chi connectivity index (χ2v) is 11.7. The third-order valence-corrected chi connectivity index (χ3v) is 8.50. The average Bonchev–Trinajstić information content (AvgIpc) is 3.73. The number of carbonyl (C=O) groups is 2. The van der Waals surface area contributed by atoms with Gasteiger partial charge in [-0.2, -0.15) is 0 Å². The lowest BCUT2D eigenvalue weighted by atomic mass is 9.91. The number of carbonyl (C=O) groups excluding carboxylic acids is 2. The van der Waals surface area contributed by atoms with E-state index in [0.717, 1.165) is 21.7 Å². The molecule has 214 valence electrons. The Hall–Kier alpha value is -3.12. The molecule has 2 N–H and O–H groups in total. The van der Waals surface area contributed by atoms with E-state index in [1.807, 2.05) is 57.5 Å². The molecule has 0 spiro atoms. The fourth-order valence-electron chi connectivity index (χ4n) is 5.38. The monoisotopic (exact) mass is 568 g/mol. The van der Waals surface area contributed by atoms with Crippen molar-refractivity contribution in [3.8, 4) is 10.4 Å². The molecule has 10 nitrogen and oxygen atoms in total. The molecule has 40 heavy (non-hydrogen) atoms. The van der Waals surface area contributed by atoms with Crippen LogP contribution in [0.2, 0.25) is 0 Å². The van der Waals surface area contributed by atoms with Gasteiger partial charge >= 0.3 is 0 Å². The van der Waals surface area contributed by atoms with Crippen LogP contribution in [0, 0.1) is 12.8 Å². The Balaban J connectivity index is 1.27. The summed E-state index contributed by atoms with van der Waals surface area (Å²) in [4.78, 5) is 34.2. The number of thiazole rings is 1. The highest BCUT2D eigenvalue weighted by atomic mass is 32.1. The Labute approximate surface area is 237 Å². The average molecular weight is 569 g/mol. The van der Waals surface area contributed by atoms with Crippen LogP contribution >= 0.6 is 11.3 Å². The molecule has 0 bridgehead atoms. The highest BCUT2D eigenvalue weighted by molar-refractivity contribution is 7.13. The SMILES string of the molecule is Cc1ncsc1-c1ccc(C(C)NC(=O)[C@@H]2C[C@@H](O)CN2C(=O)C(c2cc(CC3OCCO3)no2)C(C)C)cc1. The maximum Gasteiger partial charge on any atom is 0.243 e. The lowest BCUT2D eigenvalue weighted by Gasteiger charge is -2.29. The van der Waals surface area contributed by atoms with Gasteiger partial charge in [0.25, 0.3) is 0 Å². The van der Waals surface area contributed by atoms with Gasteiger partial charge in [0.1, 0.15) is 17.7 Å². The van der Waals surface area contributed by atoms with Crippen molar-refractivity contribution in [1.82, 2.24) is 20.4 Å². The molecule has 3 aromatic rings. The van der Waals surface area contributed by atoms with Crippen LogP contribution in [0.1, 0.15) is 61.9 Å². The van der Waals surface area contributed by atoms with Crippen LogP contribution in [0.15, 0.2) is 40.4 Å². The van der Waals surface area contributed by atoms with E-state index in [-0.39, 0.29) is 43.0 Å². The van der Waals surface area contributed by atoms with Crippen molar-refractivity contribution in [2.75, 3.05) is 19.8 Å². The minimum absolute atomic E-state index is 0.0855. The minimum Gasteiger partial charge on any atom is -0.391 e. The molecule has 2 aliphatic heterocycles. The van der Waals surface area contributed by atoms with E-state index < -0.39 is 18.1 Å². The summed E-state index contributed by atoms with van der Waals surface area (Å²) in [6, 6.07) is 8.72. The summed E-state index contributed by atoms with van der Waals surface area (Å²) >= 11 is 1.59. The quantitative estimate of drug-likeness (QED) is 0.401. The predicted molar refractivity (Wildman–Crippen MR) is 148 cm³/mol. The zero-order chi connectivity index (χ0) is 28.4. The third-order valence-electron chi connectivity index (χ3n) is 7.52. The van der Waals surface area contributed by atoms with Crippen molar-refractivity contribution >= 4 is 23.2 Å². The number of aliphatic hydroxyl groups is 1. The van der Waals surface area contributed by atoms with Crippen LogP contribution in [0.5, 0.6) is 0 Å². The second-order valence-electron chi connectivity index (χ2n) is 10.8. The van der Waals surface area contributed by atoms with Gasteiger partial charge in [-0.05, 0) is 30.9 Å². The third kappa shape index (κ3) is 6.12. The molecule has 2 amide bonds. The maximum absolute atomic E-state index is 13.8. The van der Waals surface area contributed by atoms with Gasteiger partial charge in [0.2, 0.25) is 11.8 Å². The van der Waals surface area contributed by atoms with Gasteiger partial charge in [-0.3, -0.25) is 9.59 Å². The van der Waals surface area contributed by atoms with Crippen molar-refractivity contribution in [2.45, 2.75) is 70.9 Å². The van der Waals surface area contributed by atoms with Gasteiger partial charge in [-0.25, -0.2) is 4.98 Å². The van der Waals surface area contributed by atoms with Crippen LogP contribution in [-0.2, 0) is 25.5 Å². The van der Waals surface area contributed by atoms with Crippen molar-refractivity contribution in [3.63, 3.8) is 0 Å². The van der Waals surface area contributed by atoms with Crippen molar-refractivity contribution < 1.29 is 28.7 Å². The van der Waals surface area contributed by atoms with Crippen LogP contribution in [0.3, 0.4) is 0 Å². The molecule has 2 unspecified atom stereocenters. The first kappa shape index (κ1) is 28.4. The normalized spacial score (nSPS) is 21.2. The summed E-state index contributed by atoms with van der Waals surface area (Å²) < 4.78 is 16.6. The highest BCUT2D eigenvalue weighted by Crippen LogP contribution is 2.32. The Morgan fingerprint density at radius 3 is 2.55 bits per heavy atom. The molecule has 0 radical (unpaired) electrons. The van der Waals surface area contributed by atoms with Gasteiger partial charge in [0.15, 0.2) is 6.29 Å². The zero-order valence-corrected chi connectivity index (χ0v) is 24.0. The molecule has 4 heterocycles. The molecule has 5 rings (SSSR count). The van der Waals surface area contributed by atoms with Crippen LogP contribution in [0.4, 0.5) is 0 Å². The predicted octanol–water partition coefficient (Wildman–Crippen LogP) is 3.60. The molecule has 2 fully saturated rings. The molecule has 4 atom stereocenters. The fraction of sp³-hybridized carbons (Fsp3) is 0.517. The first-order valence-corrected chi connectivity index (χ1v) is 14.6. The zero-order valence-electron chi connectivity index (χ0n) is 23.2. The van der Waals surface area contributed by atoms with E-state index in [2.05, 4.69) is 15.5 Å². The minimum atomic E-state index is -0.785. The first-order valence-electron chi connectivity index (χ1n) is 13.7. The summed E-state index contributed by atoms with van der Waals surface area (Å²) in [7, 11) is 0. The molecule has 11 heteroatoms. The van der Waals surface area contributed by atoms with Crippen LogP contribution in [0.25, 0.3) is 10.4 Å². The Kier molecular flexibility index (Phi) is 8.65. The maximum atomic E-state index is 13.8. The van der Waals surface area contributed by atoms with Crippen LogP contribution < -0.4 is 5.32 Å². The van der Waals surface area contributed by atoms with Gasteiger partial charge in [-0.15, -0.1) is 11.3 Å². The number of ether oxygens (including phenoxy) is 2. The lowest BCUT2D eigenvalue weighted by Crippen LogP contribution is -2.48. The van der Waals surface area contributed by atoms with Crippen molar-refractivity contribution in [2.24, 2.45) is 5.92 Å². The van der Waals surface area contributed by atoms with Crippen molar-refractivity contribution in [1.29, 1.82) is 0 Å². The number of aryl methyl sites for hydroxylation is 1. The van der Waals surface area contributed by atoms with Gasteiger partial charge in [0, 0.05) is 25.5 Å². The standard InChI is InChI=1S/C29H36N4O6S/c1-16(2)26(24-11-21(32-39-24)12-25-37-9-10-38-25)29(36)33-14-22(34)13-23(33)28(35)31-17(3)19-5-7-20(8-6-19)27-18(4)30-15-40-27/h5-8,11,15-17,22-23,25-26,34H,9-10,12-14H2,1-4H3,(H,31,35)/t17?,22-,23+,26?/m1/s1. The van der Waals surface area contributed by atoms with Gasteiger partial charge in [-0.1, -0.05) is 43.3 Å². The Bertz CT molecular complexity index is 1320. The summed E-state index contributed by atoms with van der Waals surface area (Å²) in [6.45, 7) is 8.91. The van der Waals surface area contributed by atoms with Gasteiger partial charge < -0.3 is 29.3 Å². The molecular formula is C29H36N4O6S. The molecular weight excluding hydrogens is 532 g/mol. The number of amides is 2. The summed E-state index contributed by atoms with van der Waals surface area (Å²) in [5.41, 5.74) is 5.48. The number of aliphatic hydroxyl groups excluding tert-OH is 1. The number of rotatable bonds is 9. The highest BCUT2D eigenvalue weighted by Gasteiger charge is 2.43. The van der Waals surface area contributed by atoms with Crippen molar-refractivity contribution in [3.05, 3.63) is 58.6 Å². The number of β-amino-alcohol motifs (C(OH)–C–C–N with tert-alkyl or cyclic N) is 1. The summed E-state index contributed by atoms with van der Waals surface area (Å²) in [5.74, 6) is -0.894. The number of hydrogen-bond donors (Lipinski definition) is 2. The second kappa shape index (κ2) is 12.2. The topological polar surface area (TPSA) is 127 Å².